The molecule has 1 rings (SSSR count). The van der Waals surface area contributed by atoms with E-state index in [1.54, 1.807) is 0 Å². The van der Waals surface area contributed by atoms with Crippen molar-refractivity contribution in [2.45, 2.75) is 44.8 Å². The zero-order valence-electron chi connectivity index (χ0n) is 6.75. The van der Waals surface area contributed by atoms with Gasteiger partial charge >= 0.3 is 5.97 Å². The number of cyclic esters (lactones) is 1. The first-order chi connectivity index (χ1) is 5.24. The lowest BCUT2D eigenvalue weighted by molar-refractivity contribution is -0.142. The van der Waals surface area contributed by atoms with Crippen molar-refractivity contribution in [2.75, 3.05) is 0 Å². The van der Waals surface area contributed by atoms with Crippen LogP contribution in [0.3, 0.4) is 0 Å². The molecule has 3 heteroatoms. The van der Waals surface area contributed by atoms with Crippen LogP contribution in [-0.2, 0) is 9.53 Å². The molecule has 0 radical (unpaired) electrons. The molecule has 1 aliphatic rings. The van der Waals surface area contributed by atoms with E-state index in [0.717, 1.165) is 19.3 Å². The lowest BCUT2D eigenvalue weighted by atomic mass is 10.1. The first-order valence-electron chi connectivity index (χ1n) is 4.11. The molecule has 0 spiro atoms. The van der Waals surface area contributed by atoms with E-state index in [0.29, 0.717) is 0 Å². The second kappa shape index (κ2) is 3.72. The van der Waals surface area contributed by atoms with Crippen molar-refractivity contribution in [1.29, 1.82) is 0 Å². The van der Waals surface area contributed by atoms with E-state index in [4.69, 9.17) is 4.74 Å². The van der Waals surface area contributed by atoms with Crippen LogP contribution in [0.5, 0.6) is 0 Å². The third-order valence-corrected chi connectivity index (χ3v) is 1.93. The third kappa shape index (κ3) is 2.19. The van der Waals surface area contributed by atoms with Crippen LogP contribution in [0, 0.1) is 0 Å². The van der Waals surface area contributed by atoms with Gasteiger partial charge in [0.25, 0.3) is 0 Å². The third-order valence-electron chi connectivity index (χ3n) is 1.93. The Kier molecular flexibility index (Phi) is 2.88. The zero-order chi connectivity index (χ0) is 8.27. The fraction of sp³-hybridized carbons (Fsp3) is 0.875. The van der Waals surface area contributed by atoms with Crippen LogP contribution in [0.15, 0.2) is 0 Å². The van der Waals surface area contributed by atoms with E-state index in [1.165, 1.54) is 0 Å². The van der Waals surface area contributed by atoms with E-state index in [-0.39, 0.29) is 18.5 Å². The summed E-state index contributed by atoms with van der Waals surface area (Å²) in [6, 6.07) is 0. The molecule has 2 atom stereocenters. The van der Waals surface area contributed by atoms with Crippen LogP contribution >= 0.6 is 0 Å². The van der Waals surface area contributed by atoms with Gasteiger partial charge in [-0.05, 0) is 12.8 Å². The summed E-state index contributed by atoms with van der Waals surface area (Å²) >= 11 is 0. The van der Waals surface area contributed by atoms with Gasteiger partial charge in [0.2, 0.25) is 0 Å². The molecule has 1 saturated heterocycles. The number of ether oxygens (including phenoxy) is 1. The standard InChI is InChI=1S/C8H14O3/c1-2-3-4-7-6(9)5-8(10)11-7/h6-7,9H,2-5H2,1H3/t6-,7+/m0/s1. The summed E-state index contributed by atoms with van der Waals surface area (Å²) in [7, 11) is 0. The Morgan fingerprint density at radius 2 is 2.45 bits per heavy atom. The number of aliphatic hydroxyl groups is 1. The van der Waals surface area contributed by atoms with Crippen molar-refractivity contribution in [3.05, 3.63) is 0 Å². The highest BCUT2D eigenvalue weighted by molar-refractivity contribution is 5.72. The molecule has 0 bridgehead atoms. The number of carbonyl (C=O) groups excluding carboxylic acids is 1. The number of unbranched alkanes of at least 4 members (excludes halogenated alkanes) is 1. The lowest BCUT2D eigenvalue weighted by Crippen LogP contribution is -2.20. The molecule has 0 aliphatic carbocycles. The van der Waals surface area contributed by atoms with Crippen LogP contribution in [0.2, 0.25) is 0 Å². The highest BCUT2D eigenvalue weighted by Gasteiger charge is 2.32. The van der Waals surface area contributed by atoms with Gasteiger partial charge in [-0.3, -0.25) is 4.79 Å². The Morgan fingerprint density at radius 3 is 2.91 bits per heavy atom. The molecule has 1 fully saturated rings. The van der Waals surface area contributed by atoms with Gasteiger partial charge in [0.05, 0.1) is 6.42 Å². The summed E-state index contributed by atoms with van der Waals surface area (Å²) in [5, 5.41) is 9.24. The predicted octanol–water partition coefficient (Wildman–Crippen LogP) is 0.853. The second-order valence-corrected chi connectivity index (χ2v) is 2.94. The van der Waals surface area contributed by atoms with Crippen molar-refractivity contribution in [2.24, 2.45) is 0 Å². The maximum Gasteiger partial charge on any atom is 0.308 e. The molecule has 0 unspecified atom stereocenters. The molecule has 11 heavy (non-hydrogen) atoms. The summed E-state index contributed by atoms with van der Waals surface area (Å²) < 4.78 is 4.89. The van der Waals surface area contributed by atoms with Gasteiger partial charge in [-0.2, -0.15) is 0 Å². The molecule has 0 aromatic heterocycles. The quantitative estimate of drug-likeness (QED) is 0.619. The summed E-state index contributed by atoms with van der Waals surface area (Å²) in [6.45, 7) is 2.07. The van der Waals surface area contributed by atoms with Crippen molar-refractivity contribution >= 4 is 5.97 Å². The normalized spacial score (nSPS) is 30.5. The molecule has 0 aromatic carbocycles. The number of hydrogen-bond donors (Lipinski definition) is 1. The molecule has 1 heterocycles. The summed E-state index contributed by atoms with van der Waals surface area (Å²) in [5.74, 6) is -0.265. The van der Waals surface area contributed by atoms with Crippen LogP contribution in [0.4, 0.5) is 0 Å². The summed E-state index contributed by atoms with van der Waals surface area (Å²) in [5.41, 5.74) is 0. The van der Waals surface area contributed by atoms with Crippen LogP contribution in [0.1, 0.15) is 32.6 Å². The molecule has 1 N–H and O–H groups in total. The Hall–Kier alpha value is -0.570. The second-order valence-electron chi connectivity index (χ2n) is 2.94. The molecule has 0 saturated carbocycles. The summed E-state index contributed by atoms with van der Waals surface area (Å²) in [6.07, 6.45) is 2.25. The minimum absolute atomic E-state index is 0.175. The van der Waals surface area contributed by atoms with E-state index < -0.39 is 6.10 Å². The number of carbonyl (C=O) groups is 1. The van der Waals surface area contributed by atoms with Crippen LogP contribution in [0.25, 0.3) is 0 Å². The Morgan fingerprint density at radius 1 is 1.73 bits per heavy atom. The van der Waals surface area contributed by atoms with Crippen molar-refractivity contribution < 1.29 is 14.6 Å². The fourth-order valence-corrected chi connectivity index (χ4v) is 1.25. The van der Waals surface area contributed by atoms with Crippen molar-refractivity contribution in [3.63, 3.8) is 0 Å². The van der Waals surface area contributed by atoms with Gasteiger partial charge in [-0.15, -0.1) is 0 Å². The van der Waals surface area contributed by atoms with Crippen molar-refractivity contribution in [3.8, 4) is 0 Å². The van der Waals surface area contributed by atoms with Crippen molar-refractivity contribution in [1.82, 2.24) is 0 Å². The molecular weight excluding hydrogens is 144 g/mol. The highest BCUT2D eigenvalue weighted by atomic mass is 16.6. The molecule has 0 aromatic rings. The van der Waals surface area contributed by atoms with E-state index in [2.05, 4.69) is 6.92 Å². The number of rotatable bonds is 3. The predicted molar refractivity (Wildman–Crippen MR) is 40.0 cm³/mol. The number of hydrogen-bond acceptors (Lipinski definition) is 3. The Bertz CT molecular complexity index is 144. The largest absolute Gasteiger partial charge is 0.460 e. The minimum atomic E-state index is -0.561. The smallest absolute Gasteiger partial charge is 0.308 e. The SMILES string of the molecule is CCCC[C@H]1OC(=O)C[C@@H]1O. The Labute approximate surface area is 66.4 Å². The minimum Gasteiger partial charge on any atom is -0.460 e. The average molecular weight is 158 g/mol. The van der Waals surface area contributed by atoms with Gasteiger partial charge in [-0.25, -0.2) is 0 Å². The maximum atomic E-state index is 10.6. The number of esters is 1. The fourth-order valence-electron chi connectivity index (χ4n) is 1.25. The molecule has 1 aliphatic heterocycles. The van der Waals surface area contributed by atoms with Gasteiger partial charge in [-0.1, -0.05) is 13.3 Å². The van der Waals surface area contributed by atoms with Crippen LogP contribution in [-0.4, -0.2) is 23.3 Å². The summed E-state index contributed by atoms with van der Waals surface area (Å²) in [4.78, 5) is 10.6. The first kappa shape index (κ1) is 8.53. The molecular formula is C8H14O3. The van der Waals surface area contributed by atoms with E-state index in [1.807, 2.05) is 0 Å². The lowest BCUT2D eigenvalue weighted by Gasteiger charge is -2.11. The van der Waals surface area contributed by atoms with E-state index in [9.17, 15) is 9.90 Å². The van der Waals surface area contributed by atoms with Gasteiger partial charge in [0.1, 0.15) is 12.2 Å². The number of aliphatic hydroxyl groups excluding tert-OH is 1. The Balaban J connectivity index is 2.28. The average Bonchev–Trinajstić information content (AvgIpc) is 2.26. The van der Waals surface area contributed by atoms with Gasteiger partial charge < -0.3 is 9.84 Å². The zero-order valence-corrected chi connectivity index (χ0v) is 6.75. The molecule has 64 valence electrons. The first-order valence-corrected chi connectivity index (χ1v) is 4.11. The topological polar surface area (TPSA) is 46.5 Å². The van der Waals surface area contributed by atoms with Crippen LogP contribution < -0.4 is 0 Å². The van der Waals surface area contributed by atoms with Gasteiger partial charge in [0.15, 0.2) is 0 Å². The molecule has 3 nitrogen and oxygen atoms in total. The van der Waals surface area contributed by atoms with Gasteiger partial charge in [0, 0.05) is 0 Å². The highest BCUT2D eigenvalue weighted by Crippen LogP contribution is 2.19. The van der Waals surface area contributed by atoms with E-state index >= 15 is 0 Å². The monoisotopic (exact) mass is 158 g/mol. The maximum absolute atomic E-state index is 10.6. The molecule has 0 amide bonds.